The zero-order chi connectivity index (χ0) is 12.3. The molecule has 0 aliphatic rings. The van der Waals surface area contributed by atoms with E-state index in [1.165, 1.54) is 0 Å². The van der Waals surface area contributed by atoms with Gasteiger partial charge in [-0.1, -0.05) is 0 Å². The average molecular weight is 338 g/mol. The summed E-state index contributed by atoms with van der Waals surface area (Å²) in [6.07, 6.45) is 1.64. The first kappa shape index (κ1) is 13.0. The number of carbonyl (C=O) groups is 2. The lowest BCUT2D eigenvalue weighted by atomic mass is 10.1. The predicted octanol–water partition coefficient (Wildman–Crippen LogP) is 0.185. The van der Waals surface area contributed by atoms with Crippen molar-refractivity contribution in [1.29, 1.82) is 0 Å². The number of carboxylic acids is 1. The molecule has 0 saturated carbocycles. The van der Waals surface area contributed by atoms with Gasteiger partial charge in [-0.05, 0) is 35.6 Å². The summed E-state index contributed by atoms with van der Waals surface area (Å²) in [6, 6.07) is 1.62. The molecule has 1 aromatic heterocycles. The Bertz CT molecular complexity index is 413. The zero-order valence-electron chi connectivity index (χ0n) is 8.45. The van der Waals surface area contributed by atoms with Gasteiger partial charge in [0, 0.05) is 9.77 Å². The number of carboxylic acid groups (broad SMARTS) is 1. The van der Waals surface area contributed by atoms with Crippen molar-refractivity contribution in [3.8, 4) is 0 Å². The predicted molar refractivity (Wildman–Crippen MR) is 64.1 cm³/mol. The summed E-state index contributed by atoms with van der Waals surface area (Å²) < 4.78 is 0.868. The molecule has 0 aromatic carbocycles. The lowest BCUT2D eigenvalue weighted by Crippen LogP contribution is -2.46. The van der Waals surface area contributed by atoms with Crippen molar-refractivity contribution < 1.29 is 19.8 Å². The van der Waals surface area contributed by atoms with Gasteiger partial charge in [-0.3, -0.25) is 4.79 Å². The first-order chi connectivity index (χ1) is 7.33. The number of amides is 1. The van der Waals surface area contributed by atoms with Gasteiger partial charge < -0.3 is 20.5 Å². The molecule has 4 N–H and O–H groups in total. The molecule has 1 aromatic rings. The maximum absolute atomic E-state index is 11.5. The number of aromatic amines is 1. The van der Waals surface area contributed by atoms with E-state index in [0.29, 0.717) is 5.69 Å². The maximum atomic E-state index is 11.5. The number of rotatable bonds is 4. The Labute approximate surface area is 105 Å². The van der Waals surface area contributed by atoms with Crippen LogP contribution in [-0.2, 0) is 4.79 Å². The van der Waals surface area contributed by atoms with Crippen molar-refractivity contribution in [2.45, 2.75) is 12.5 Å². The molecule has 0 saturated heterocycles. The standard InChI is InChI=1S/C9H11IN2O4/c1-9(16,8(14)15)4-12-7(13)6-2-5(10)3-11-6/h2-3,11,16H,4H2,1H3,(H,12,13)(H,14,15). The summed E-state index contributed by atoms with van der Waals surface area (Å²) in [7, 11) is 0. The molecule has 88 valence electrons. The molecule has 1 rings (SSSR count). The highest BCUT2D eigenvalue weighted by Gasteiger charge is 2.30. The topological polar surface area (TPSA) is 102 Å². The van der Waals surface area contributed by atoms with E-state index in [0.717, 1.165) is 10.5 Å². The summed E-state index contributed by atoms with van der Waals surface area (Å²) in [5.41, 5.74) is -1.64. The van der Waals surface area contributed by atoms with Crippen LogP contribution in [0.2, 0.25) is 0 Å². The molecule has 0 aliphatic heterocycles. The quantitative estimate of drug-likeness (QED) is 0.589. The SMILES string of the molecule is CC(O)(CNC(=O)c1cc(I)c[nH]1)C(=O)O. The van der Waals surface area contributed by atoms with E-state index in [-0.39, 0.29) is 6.54 Å². The number of carbonyl (C=O) groups excluding carboxylic acids is 1. The van der Waals surface area contributed by atoms with Crippen LogP contribution in [0.1, 0.15) is 17.4 Å². The fourth-order valence-electron chi connectivity index (χ4n) is 0.922. The normalized spacial score (nSPS) is 14.2. The number of halogens is 1. The Morgan fingerprint density at radius 1 is 1.62 bits per heavy atom. The largest absolute Gasteiger partial charge is 0.479 e. The number of hydrogen-bond donors (Lipinski definition) is 4. The van der Waals surface area contributed by atoms with Gasteiger partial charge in [0.05, 0.1) is 6.54 Å². The second-order valence-electron chi connectivity index (χ2n) is 3.49. The lowest BCUT2D eigenvalue weighted by Gasteiger charge is -2.17. The summed E-state index contributed by atoms with van der Waals surface area (Å²) in [5.74, 6) is -1.83. The number of nitrogens with one attached hydrogen (secondary N) is 2. The number of H-pyrrole nitrogens is 1. The van der Waals surface area contributed by atoms with E-state index in [1.54, 1.807) is 12.3 Å². The third-order valence-electron chi connectivity index (χ3n) is 1.95. The van der Waals surface area contributed by atoms with Gasteiger partial charge in [0.25, 0.3) is 5.91 Å². The first-order valence-corrected chi connectivity index (χ1v) is 5.49. The van der Waals surface area contributed by atoms with Crippen LogP contribution in [0.4, 0.5) is 0 Å². The van der Waals surface area contributed by atoms with Crippen LogP contribution in [0.25, 0.3) is 0 Å². The molecular weight excluding hydrogens is 327 g/mol. The Morgan fingerprint density at radius 2 is 2.25 bits per heavy atom. The van der Waals surface area contributed by atoms with Gasteiger partial charge in [0.2, 0.25) is 0 Å². The minimum Gasteiger partial charge on any atom is -0.479 e. The number of hydrogen-bond acceptors (Lipinski definition) is 3. The Morgan fingerprint density at radius 3 is 2.69 bits per heavy atom. The summed E-state index contributed by atoms with van der Waals surface area (Å²) >= 11 is 2.03. The highest BCUT2D eigenvalue weighted by molar-refractivity contribution is 14.1. The van der Waals surface area contributed by atoms with Gasteiger partial charge in [-0.15, -0.1) is 0 Å². The Balaban J connectivity index is 2.57. The fraction of sp³-hybridized carbons (Fsp3) is 0.333. The van der Waals surface area contributed by atoms with Crippen LogP contribution < -0.4 is 5.32 Å². The van der Waals surface area contributed by atoms with Crippen molar-refractivity contribution in [3.63, 3.8) is 0 Å². The number of aromatic nitrogens is 1. The van der Waals surface area contributed by atoms with Gasteiger partial charge >= 0.3 is 5.97 Å². The van der Waals surface area contributed by atoms with Crippen molar-refractivity contribution >= 4 is 34.5 Å². The molecule has 0 bridgehead atoms. The minimum absolute atomic E-state index is 0.325. The van der Waals surface area contributed by atoms with Crippen molar-refractivity contribution in [1.82, 2.24) is 10.3 Å². The number of aliphatic hydroxyl groups is 1. The number of aliphatic carboxylic acids is 1. The Hall–Kier alpha value is -1.09. The highest BCUT2D eigenvalue weighted by Crippen LogP contribution is 2.07. The molecule has 1 heterocycles. The third kappa shape index (κ3) is 3.20. The third-order valence-corrected chi connectivity index (χ3v) is 2.57. The van der Waals surface area contributed by atoms with Crippen LogP contribution in [0.5, 0.6) is 0 Å². The van der Waals surface area contributed by atoms with E-state index in [1.807, 2.05) is 22.6 Å². The molecule has 1 unspecified atom stereocenters. The second kappa shape index (κ2) is 4.83. The first-order valence-electron chi connectivity index (χ1n) is 4.41. The maximum Gasteiger partial charge on any atom is 0.337 e. The van der Waals surface area contributed by atoms with Crippen LogP contribution in [0.3, 0.4) is 0 Å². The van der Waals surface area contributed by atoms with Crippen molar-refractivity contribution in [3.05, 3.63) is 21.5 Å². The van der Waals surface area contributed by atoms with E-state index < -0.39 is 17.5 Å². The summed E-state index contributed by atoms with van der Waals surface area (Å²) in [5, 5.41) is 20.3. The van der Waals surface area contributed by atoms with Gasteiger partial charge in [-0.2, -0.15) is 0 Å². The molecule has 0 spiro atoms. The average Bonchev–Trinajstić information content (AvgIpc) is 2.61. The zero-order valence-corrected chi connectivity index (χ0v) is 10.6. The van der Waals surface area contributed by atoms with Crippen molar-refractivity contribution in [2.75, 3.05) is 6.54 Å². The molecular formula is C9H11IN2O4. The van der Waals surface area contributed by atoms with Gasteiger partial charge in [0.1, 0.15) is 5.69 Å². The molecule has 0 aliphatic carbocycles. The highest BCUT2D eigenvalue weighted by atomic mass is 127. The molecule has 16 heavy (non-hydrogen) atoms. The van der Waals surface area contributed by atoms with E-state index in [9.17, 15) is 14.7 Å². The molecule has 0 fully saturated rings. The smallest absolute Gasteiger partial charge is 0.337 e. The van der Waals surface area contributed by atoms with Crippen molar-refractivity contribution in [2.24, 2.45) is 0 Å². The van der Waals surface area contributed by atoms with Crippen LogP contribution in [0, 0.1) is 3.57 Å². The fourth-order valence-corrected chi connectivity index (χ4v) is 1.39. The summed E-state index contributed by atoms with van der Waals surface area (Å²) in [4.78, 5) is 24.8. The summed E-state index contributed by atoms with van der Waals surface area (Å²) in [6.45, 7) is 0.769. The van der Waals surface area contributed by atoms with Crippen LogP contribution >= 0.6 is 22.6 Å². The lowest BCUT2D eigenvalue weighted by molar-refractivity contribution is -0.155. The molecule has 6 nitrogen and oxygen atoms in total. The van der Waals surface area contributed by atoms with Crippen LogP contribution in [0.15, 0.2) is 12.3 Å². The Kier molecular flexibility index (Phi) is 3.92. The molecule has 0 radical (unpaired) electrons. The second-order valence-corrected chi connectivity index (χ2v) is 4.74. The minimum atomic E-state index is -1.96. The van der Waals surface area contributed by atoms with E-state index in [4.69, 9.17) is 5.11 Å². The van der Waals surface area contributed by atoms with Gasteiger partial charge in [0.15, 0.2) is 5.60 Å². The monoisotopic (exact) mass is 338 g/mol. The van der Waals surface area contributed by atoms with E-state index >= 15 is 0 Å². The molecule has 7 heteroatoms. The van der Waals surface area contributed by atoms with E-state index in [2.05, 4.69) is 10.3 Å². The van der Waals surface area contributed by atoms with Gasteiger partial charge in [-0.25, -0.2) is 4.79 Å². The molecule has 1 atom stereocenters. The van der Waals surface area contributed by atoms with Crippen LogP contribution in [-0.4, -0.2) is 39.2 Å². The molecule has 1 amide bonds.